The monoisotopic (exact) mass is 550 g/mol. The summed E-state index contributed by atoms with van der Waals surface area (Å²) < 4.78 is 10.9. The summed E-state index contributed by atoms with van der Waals surface area (Å²) in [5.41, 5.74) is 2.55. The summed E-state index contributed by atoms with van der Waals surface area (Å²) in [4.78, 5) is 56.7. The topological polar surface area (TPSA) is 93.2 Å². The first kappa shape index (κ1) is 26.5. The second-order valence-corrected chi connectivity index (χ2v) is 10.5. The molecule has 3 aromatic rings. The number of benzene rings is 3. The van der Waals surface area contributed by atoms with Gasteiger partial charge in [0.25, 0.3) is 0 Å². The molecule has 2 fully saturated rings. The van der Waals surface area contributed by atoms with Gasteiger partial charge in [0.1, 0.15) is 17.5 Å². The van der Waals surface area contributed by atoms with Crippen LogP contribution in [0.4, 0.5) is 11.4 Å². The van der Waals surface area contributed by atoms with Gasteiger partial charge in [-0.2, -0.15) is 0 Å². The Kier molecular flexibility index (Phi) is 6.91. The SMILES string of the molecule is CCCCOc1ccc(N2C(=O)[C@@H]3[C@@H](C2=O)[C@@H]2C=Cc4ccccc4N2[C@@H]3C(=O)c2ccc(OC(C)=O)cc2)cc1. The number of carbonyl (C=O) groups is 4. The molecule has 0 radical (unpaired) electrons. The van der Waals surface area contributed by atoms with Crippen molar-refractivity contribution in [3.63, 3.8) is 0 Å². The molecule has 2 amide bonds. The quantitative estimate of drug-likeness (QED) is 0.127. The number of hydrogen-bond acceptors (Lipinski definition) is 7. The summed E-state index contributed by atoms with van der Waals surface area (Å²) in [6, 6.07) is 19.6. The van der Waals surface area contributed by atoms with E-state index in [2.05, 4.69) is 6.92 Å². The Balaban J connectivity index is 1.36. The van der Waals surface area contributed by atoms with E-state index < -0.39 is 35.8 Å². The first-order valence-electron chi connectivity index (χ1n) is 13.9. The molecule has 0 aromatic heterocycles. The second kappa shape index (κ2) is 10.7. The van der Waals surface area contributed by atoms with Crippen LogP contribution in [0.25, 0.3) is 6.08 Å². The molecular formula is C33H30N2O6. The number of rotatable bonds is 8. The number of ether oxygens (including phenoxy) is 2. The molecule has 8 nitrogen and oxygen atoms in total. The molecule has 2 saturated heterocycles. The Morgan fingerprint density at radius 2 is 1.54 bits per heavy atom. The molecule has 0 spiro atoms. The van der Waals surface area contributed by atoms with Crippen molar-refractivity contribution >= 4 is 41.0 Å². The van der Waals surface area contributed by atoms with E-state index in [0.717, 1.165) is 24.1 Å². The number of unbranched alkanes of at least 4 members (excludes halogenated alkanes) is 1. The van der Waals surface area contributed by atoms with Gasteiger partial charge in [-0.15, -0.1) is 0 Å². The van der Waals surface area contributed by atoms with Gasteiger partial charge in [-0.25, -0.2) is 4.90 Å². The van der Waals surface area contributed by atoms with Gasteiger partial charge in [-0.1, -0.05) is 43.7 Å². The molecule has 0 bridgehead atoms. The highest BCUT2D eigenvalue weighted by molar-refractivity contribution is 6.25. The summed E-state index contributed by atoms with van der Waals surface area (Å²) in [7, 11) is 0. The highest BCUT2D eigenvalue weighted by atomic mass is 16.5. The van der Waals surface area contributed by atoms with Crippen LogP contribution >= 0.6 is 0 Å². The summed E-state index contributed by atoms with van der Waals surface area (Å²) in [5.74, 6) is -2.05. The standard InChI is InChI=1S/C33H30N2O6/c1-3-4-19-40-24-16-12-23(13-17-24)34-32(38)28-27-18-11-21-7-5-6-8-26(21)35(27)30(29(28)33(34)39)31(37)22-9-14-25(15-10-22)41-20(2)36/h5-18,27-30H,3-4,19H2,1-2H3/t27-,28-,29+,30-/m0/s1. The Hall–Kier alpha value is -4.72. The van der Waals surface area contributed by atoms with E-state index in [1.165, 1.54) is 11.8 Å². The highest BCUT2D eigenvalue weighted by Crippen LogP contribution is 2.50. The van der Waals surface area contributed by atoms with Crippen molar-refractivity contribution in [3.8, 4) is 11.5 Å². The third kappa shape index (κ3) is 4.59. The molecule has 0 aliphatic carbocycles. The molecule has 0 N–H and O–H groups in total. The van der Waals surface area contributed by atoms with E-state index in [-0.39, 0.29) is 11.7 Å². The Labute approximate surface area is 238 Å². The molecule has 41 heavy (non-hydrogen) atoms. The lowest BCUT2D eigenvalue weighted by molar-refractivity contribution is -0.132. The molecule has 6 rings (SSSR count). The van der Waals surface area contributed by atoms with Gasteiger partial charge >= 0.3 is 5.97 Å². The van der Waals surface area contributed by atoms with Crippen molar-refractivity contribution in [2.45, 2.75) is 38.8 Å². The van der Waals surface area contributed by atoms with Crippen LogP contribution in [0.15, 0.2) is 78.9 Å². The number of nitrogens with zero attached hydrogens (tertiary/aromatic N) is 2. The normalized spacial score (nSPS) is 22.3. The van der Waals surface area contributed by atoms with Crippen LogP contribution in [0.2, 0.25) is 0 Å². The van der Waals surface area contributed by atoms with Crippen molar-refractivity contribution in [1.82, 2.24) is 0 Å². The van der Waals surface area contributed by atoms with Gasteiger partial charge in [0.05, 0.1) is 30.2 Å². The van der Waals surface area contributed by atoms with Crippen molar-refractivity contribution < 1.29 is 28.7 Å². The number of carbonyl (C=O) groups excluding carboxylic acids is 4. The van der Waals surface area contributed by atoms with E-state index >= 15 is 0 Å². The van der Waals surface area contributed by atoms with E-state index in [1.54, 1.807) is 48.5 Å². The van der Waals surface area contributed by atoms with Crippen LogP contribution in [0.1, 0.15) is 42.6 Å². The van der Waals surface area contributed by atoms with Crippen LogP contribution in [0.3, 0.4) is 0 Å². The predicted molar refractivity (Wildman–Crippen MR) is 154 cm³/mol. The molecule has 3 aromatic carbocycles. The number of fused-ring (bicyclic) bond motifs is 5. The minimum absolute atomic E-state index is 0.273. The number of imide groups is 1. The van der Waals surface area contributed by atoms with Crippen LogP contribution in [-0.2, 0) is 14.4 Å². The number of hydrogen-bond donors (Lipinski definition) is 0. The van der Waals surface area contributed by atoms with Crippen LogP contribution in [0, 0.1) is 11.8 Å². The zero-order valence-electron chi connectivity index (χ0n) is 22.9. The van der Waals surface area contributed by atoms with E-state index in [0.29, 0.717) is 29.4 Å². The lowest BCUT2D eigenvalue weighted by atomic mass is 9.86. The van der Waals surface area contributed by atoms with Crippen molar-refractivity contribution in [1.29, 1.82) is 0 Å². The van der Waals surface area contributed by atoms with E-state index in [1.807, 2.05) is 41.3 Å². The molecule has 8 heteroatoms. The molecule has 3 aliphatic heterocycles. The Bertz CT molecular complexity index is 1540. The van der Waals surface area contributed by atoms with Gasteiger partial charge in [0.15, 0.2) is 5.78 Å². The zero-order chi connectivity index (χ0) is 28.7. The molecule has 3 heterocycles. The molecule has 208 valence electrons. The third-order valence-corrected chi connectivity index (χ3v) is 7.95. The summed E-state index contributed by atoms with van der Waals surface area (Å²) in [6.45, 7) is 3.99. The van der Waals surface area contributed by atoms with Crippen molar-refractivity contribution in [3.05, 3.63) is 90.0 Å². The molecule has 3 aliphatic rings. The number of amides is 2. The van der Waals surface area contributed by atoms with Gasteiger partial charge in [0.2, 0.25) is 11.8 Å². The predicted octanol–water partition coefficient (Wildman–Crippen LogP) is 5.06. The van der Waals surface area contributed by atoms with Gasteiger partial charge in [-0.05, 0) is 66.6 Å². The largest absolute Gasteiger partial charge is 0.494 e. The number of para-hydroxylation sites is 1. The van der Waals surface area contributed by atoms with Gasteiger partial charge in [0, 0.05) is 18.2 Å². The highest BCUT2D eigenvalue weighted by Gasteiger charge is 2.64. The summed E-state index contributed by atoms with van der Waals surface area (Å²) in [5, 5.41) is 0. The molecule has 0 unspecified atom stereocenters. The summed E-state index contributed by atoms with van der Waals surface area (Å²) in [6.07, 6.45) is 5.84. The van der Waals surface area contributed by atoms with Crippen LogP contribution in [-0.4, -0.2) is 42.3 Å². The summed E-state index contributed by atoms with van der Waals surface area (Å²) >= 11 is 0. The first-order valence-corrected chi connectivity index (χ1v) is 13.9. The Morgan fingerprint density at radius 1 is 0.854 bits per heavy atom. The number of ketones is 1. The maximum Gasteiger partial charge on any atom is 0.308 e. The van der Waals surface area contributed by atoms with Crippen LogP contribution in [0.5, 0.6) is 11.5 Å². The maximum absolute atomic E-state index is 14.2. The average molecular weight is 551 g/mol. The zero-order valence-corrected chi connectivity index (χ0v) is 22.9. The molecular weight excluding hydrogens is 520 g/mol. The van der Waals surface area contributed by atoms with E-state index in [9.17, 15) is 19.2 Å². The minimum atomic E-state index is -0.895. The van der Waals surface area contributed by atoms with Crippen molar-refractivity contribution in [2.24, 2.45) is 11.8 Å². The third-order valence-electron chi connectivity index (χ3n) is 7.95. The van der Waals surface area contributed by atoms with Gasteiger partial charge in [-0.3, -0.25) is 19.2 Å². The lowest BCUT2D eigenvalue weighted by Crippen LogP contribution is -2.48. The first-order chi connectivity index (χ1) is 19.9. The fourth-order valence-corrected chi connectivity index (χ4v) is 6.12. The minimum Gasteiger partial charge on any atom is -0.494 e. The van der Waals surface area contributed by atoms with E-state index in [4.69, 9.17) is 9.47 Å². The fraction of sp³-hybridized carbons (Fsp3) is 0.273. The van der Waals surface area contributed by atoms with Crippen molar-refractivity contribution in [2.75, 3.05) is 16.4 Å². The van der Waals surface area contributed by atoms with Crippen LogP contribution < -0.4 is 19.3 Å². The molecule has 0 saturated carbocycles. The Morgan fingerprint density at radius 3 is 2.24 bits per heavy atom. The smallest absolute Gasteiger partial charge is 0.308 e. The van der Waals surface area contributed by atoms with Gasteiger partial charge < -0.3 is 14.4 Å². The maximum atomic E-state index is 14.2. The number of anilines is 2. The second-order valence-electron chi connectivity index (χ2n) is 10.5. The number of esters is 1. The lowest BCUT2D eigenvalue weighted by Gasteiger charge is -2.36. The molecule has 4 atom stereocenters. The number of Topliss-reactive ketones (excluding diaryl/α,β-unsaturated/α-hetero) is 1. The average Bonchev–Trinajstić information content (AvgIpc) is 3.46. The fourth-order valence-electron chi connectivity index (χ4n) is 6.12.